The number of hydrazine groups is 1. The van der Waals surface area contributed by atoms with Crippen molar-refractivity contribution in [1.29, 1.82) is 0 Å². The van der Waals surface area contributed by atoms with E-state index in [4.69, 9.17) is 5.84 Å². The Balaban J connectivity index is 0. The molecule has 0 spiro atoms. The first-order valence-corrected chi connectivity index (χ1v) is 3.98. The molecule has 1 atom stereocenters. The summed E-state index contributed by atoms with van der Waals surface area (Å²) in [5, 5.41) is 0. The van der Waals surface area contributed by atoms with Gasteiger partial charge in [0.05, 0.1) is 0 Å². The van der Waals surface area contributed by atoms with Gasteiger partial charge in [0.2, 0.25) is 0 Å². The van der Waals surface area contributed by atoms with E-state index < -0.39 is 0 Å². The van der Waals surface area contributed by atoms with Crippen LogP contribution in [0, 0.1) is 5.41 Å². The Labute approximate surface area is 76.3 Å². The van der Waals surface area contributed by atoms with Crippen molar-refractivity contribution in [1.82, 2.24) is 5.43 Å². The van der Waals surface area contributed by atoms with Gasteiger partial charge in [-0.1, -0.05) is 34.1 Å². The van der Waals surface area contributed by atoms with Crippen LogP contribution in [0.2, 0.25) is 0 Å². The molecule has 0 bridgehead atoms. The van der Waals surface area contributed by atoms with Crippen molar-refractivity contribution < 1.29 is 0 Å². The minimum absolute atomic E-state index is 0. The molecule has 0 aromatic rings. The van der Waals surface area contributed by atoms with Crippen LogP contribution < -0.4 is 11.3 Å². The third-order valence-electron chi connectivity index (χ3n) is 1.82. The molecule has 0 aliphatic carbocycles. The van der Waals surface area contributed by atoms with Gasteiger partial charge in [-0.25, -0.2) is 0 Å². The second kappa shape index (κ2) is 5.81. The lowest BCUT2D eigenvalue weighted by Gasteiger charge is -2.29. The van der Waals surface area contributed by atoms with Crippen molar-refractivity contribution in [2.75, 3.05) is 0 Å². The van der Waals surface area contributed by atoms with E-state index in [1.165, 1.54) is 6.42 Å². The van der Waals surface area contributed by atoms with Gasteiger partial charge in [-0.15, -0.1) is 12.4 Å². The van der Waals surface area contributed by atoms with Crippen molar-refractivity contribution in [3.8, 4) is 0 Å². The average molecular weight is 181 g/mol. The summed E-state index contributed by atoms with van der Waals surface area (Å²) in [4.78, 5) is 0. The van der Waals surface area contributed by atoms with Gasteiger partial charge >= 0.3 is 0 Å². The van der Waals surface area contributed by atoms with Crippen LogP contribution in [0.1, 0.15) is 40.5 Å². The maximum atomic E-state index is 5.39. The SMILES string of the molecule is CCCC(NN)C(C)(C)C.Cl. The Morgan fingerprint density at radius 2 is 1.82 bits per heavy atom. The second-order valence-corrected chi connectivity index (χ2v) is 3.87. The average Bonchev–Trinajstić information content (AvgIpc) is 1.80. The van der Waals surface area contributed by atoms with E-state index >= 15 is 0 Å². The largest absolute Gasteiger partial charge is 0.271 e. The third kappa shape index (κ3) is 5.48. The topological polar surface area (TPSA) is 38.0 Å². The van der Waals surface area contributed by atoms with Gasteiger partial charge in [-0.2, -0.15) is 0 Å². The molecule has 0 aromatic heterocycles. The Morgan fingerprint density at radius 3 is 1.91 bits per heavy atom. The molecule has 0 aliphatic heterocycles. The Bertz CT molecular complexity index is 88.6. The summed E-state index contributed by atoms with van der Waals surface area (Å²) >= 11 is 0. The molecule has 0 saturated carbocycles. The quantitative estimate of drug-likeness (QED) is 0.516. The molecular weight excluding hydrogens is 160 g/mol. The van der Waals surface area contributed by atoms with Crippen LogP contribution in [0.25, 0.3) is 0 Å². The van der Waals surface area contributed by atoms with Crippen LogP contribution in [0.4, 0.5) is 0 Å². The molecular formula is C8H21ClN2. The predicted octanol–water partition coefficient (Wildman–Crippen LogP) is 2.09. The molecule has 0 aliphatic rings. The zero-order valence-corrected chi connectivity index (χ0v) is 8.79. The highest BCUT2D eigenvalue weighted by molar-refractivity contribution is 5.85. The van der Waals surface area contributed by atoms with Crippen molar-refractivity contribution in [3.63, 3.8) is 0 Å². The molecule has 0 rings (SSSR count). The summed E-state index contributed by atoms with van der Waals surface area (Å²) in [6, 6.07) is 0.442. The summed E-state index contributed by atoms with van der Waals surface area (Å²) in [6.45, 7) is 8.78. The van der Waals surface area contributed by atoms with Gasteiger partial charge in [0, 0.05) is 6.04 Å². The first-order valence-electron chi connectivity index (χ1n) is 3.98. The lowest BCUT2D eigenvalue weighted by atomic mass is 9.85. The molecule has 0 fully saturated rings. The highest BCUT2D eigenvalue weighted by atomic mass is 35.5. The lowest BCUT2D eigenvalue weighted by Crippen LogP contribution is -2.44. The molecule has 3 heteroatoms. The number of hydrogen-bond acceptors (Lipinski definition) is 2. The van der Waals surface area contributed by atoms with Gasteiger partial charge in [0.1, 0.15) is 0 Å². The summed E-state index contributed by atoms with van der Waals surface area (Å²) in [7, 11) is 0. The first-order chi connectivity index (χ1) is 4.52. The van der Waals surface area contributed by atoms with Crippen molar-refractivity contribution >= 4 is 12.4 Å². The minimum atomic E-state index is 0. The molecule has 0 amide bonds. The van der Waals surface area contributed by atoms with Gasteiger partial charge in [-0.05, 0) is 11.8 Å². The number of nitrogens with two attached hydrogens (primary N) is 1. The highest BCUT2D eigenvalue weighted by Gasteiger charge is 2.21. The third-order valence-corrected chi connectivity index (χ3v) is 1.82. The number of halogens is 1. The normalized spacial score (nSPS) is 13.9. The molecule has 0 heterocycles. The smallest absolute Gasteiger partial charge is 0.0258 e. The maximum Gasteiger partial charge on any atom is 0.0258 e. The van der Waals surface area contributed by atoms with Crippen LogP contribution in [0.5, 0.6) is 0 Å². The van der Waals surface area contributed by atoms with E-state index in [1.54, 1.807) is 0 Å². The van der Waals surface area contributed by atoms with E-state index in [-0.39, 0.29) is 17.8 Å². The number of rotatable bonds is 3. The van der Waals surface area contributed by atoms with Crippen molar-refractivity contribution in [3.05, 3.63) is 0 Å². The van der Waals surface area contributed by atoms with Crippen LogP contribution in [-0.2, 0) is 0 Å². The predicted molar refractivity (Wildman–Crippen MR) is 52.7 cm³/mol. The van der Waals surface area contributed by atoms with Crippen molar-refractivity contribution in [2.45, 2.75) is 46.6 Å². The second-order valence-electron chi connectivity index (χ2n) is 3.87. The van der Waals surface area contributed by atoms with Gasteiger partial charge in [0.25, 0.3) is 0 Å². The van der Waals surface area contributed by atoms with Crippen LogP contribution >= 0.6 is 12.4 Å². The summed E-state index contributed by atoms with van der Waals surface area (Å²) in [6.07, 6.45) is 2.34. The molecule has 70 valence electrons. The van der Waals surface area contributed by atoms with Crippen LogP contribution in [-0.4, -0.2) is 6.04 Å². The lowest BCUT2D eigenvalue weighted by molar-refractivity contribution is 0.255. The Morgan fingerprint density at radius 1 is 1.36 bits per heavy atom. The first kappa shape index (κ1) is 13.8. The summed E-state index contributed by atoms with van der Waals surface area (Å²) in [5.74, 6) is 5.39. The van der Waals surface area contributed by atoms with Crippen LogP contribution in [0.15, 0.2) is 0 Å². The van der Waals surface area contributed by atoms with E-state index in [0.29, 0.717) is 6.04 Å². The molecule has 0 radical (unpaired) electrons. The Hall–Kier alpha value is 0.210. The fourth-order valence-corrected chi connectivity index (χ4v) is 1.06. The minimum Gasteiger partial charge on any atom is -0.271 e. The molecule has 0 aromatic carbocycles. The molecule has 3 N–H and O–H groups in total. The highest BCUT2D eigenvalue weighted by Crippen LogP contribution is 2.21. The standard InChI is InChI=1S/C8H20N2.ClH/c1-5-6-7(10-9)8(2,3)4;/h7,10H,5-6,9H2,1-4H3;1H. The maximum absolute atomic E-state index is 5.39. The van der Waals surface area contributed by atoms with E-state index in [1.807, 2.05) is 0 Å². The van der Waals surface area contributed by atoms with E-state index in [2.05, 4.69) is 33.1 Å². The molecule has 0 saturated heterocycles. The Kier molecular flexibility index (Phi) is 7.28. The van der Waals surface area contributed by atoms with Gasteiger partial charge in [-0.3, -0.25) is 11.3 Å². The fraction of sp³-hybridized carbons (Fsp3) is 1.00. The number of nitrogens with one attached hydrogen (secondary N) is 1. The van der Waals surface area contributed by atoms with Crippen molar-refractivity contribution in [2.24, 2.45) is 11.3 Å². The van der Waals surface area contributed by atoms with E-state index in [9.17, 15) is 0 Å². The zero-order chi connectivity index (χ0) is 8.20. The van der Waals surface area contributed by atoms with Crippen LogP contribution in [0.3, 0.4) is 0 Å². The van der Waals surface area contributed by atoms with Gasteiger partial charge in [0.15, 0.2) is 0 Å². The molecule has 2 nitrogen and oxygen atoms in total. The summed E-state index contributed by atoms with van der Waals surface area (Å²) in [5.41, 5.74) is 3.13. The zero-order valence-electron chi connectivity index (χ0n) is 7.98. The monoisotopic (exact) mass is 180 g/mol. The fourth-order valence-electron chi connectivity index (χ4n) is 1.06. The number of hydrogen-bond donors (Lipinski definition) is 2. The molecule has 11 heavy (non-hydrogen) atoms. The van der Waals surface area contributed by atoms with Gasteiger partial charge < -0.3 is 0 Å². The molecule has 1 unspecified atom stereocenters. The summed E-state index contributed by atoms with van der Waals surface area (Å²) < 4.78 is 0. The van der Waals surface area contributed by atoms with E-state index in [0.717, 1.165) is 6.42 Å².